The van der Waals surface area contributed by atoms with E-state index in [1.165, 1.54) is 0 Å². The van der Waals surface area contributed by atoms with E-state index in [4.69, 9.17) is 4.74 Å². The second-order valence-corrected chi connectivity index (χ2v) is 8.82. The van der Waals surface area contributed by atoms with Crippen molar-refractivity contribution in [1.82, 2.24) is 15.1 Å². The monoisotopic (exact) mass is 385 g/mol. The number of hydrogen-bond donors (Lipinski definition) is 1. The Bertz CT molecular complexity index is 751. The highest BCUT2D eigenvalue weighted by molar-refractivity contribution is 5.94. The fraction of sp³-hybridized carbons (Fsp3) is 0.636. The van der Waals surface area contributed by atoms with Crippen LogP contribution in [0.2, 0.25) is 0 Å². The number of likely N-dealkylation sites (tertiary alicyclic amines) is 1. The van der Waals surface area contributed by atoms with Gasteiger partial charge in [-0.3, -0.25) is 14.9 Å². The van der Waals surface area contributed by atoms with Crippen LogP contribution in [0.25, 0.3) is 0 Å². The van der Waals surface area contributed by atoms with Crippen molar-refractivity contribution in [3.8, 4) is 5.75 Å². The van der Waals surface area contributed by atoms with Crippen LogP contribution in [0, 0.1) is 5.92 Å². The summed E-state index contributed by atoms with van der Waals surface area (Å²) < 4.78 is 5.25. The molecule has 0 aromatic heterocycles. The molecule has 6 heteroatoms. The Morgan fingerprint density at radius 3 is 2.61 bits per heavy atom. The van der Waals surface area contributed by atoms with Crippen LogP contribution in [0.5, 0.6) is 5.75 Å². The molecule has 1 saturated carbocycles. The van der Waals surface area contributed by atoms with Gasteiger partial charge in [-0.25, -0.2) is 0 Å². The van der Waals surface area contributed by atoms with Gasteiger partial charge in [-0.05, 0) is 43.4 Å². The standard InChI is InChI=1S/C22H31N3O3/c1-15(2)13-19-21(27)25(17-7-8-17)22(23-19)9-11-24(12-10-22)20(26)16-5-4-6-18(14-16)28-3/h4-6,14-15,17,19,23H,7-13H2,1-3H3. The first kappa shape index (κ1) is 19.2. The smallest absolute Gasteiger partial charge is 0.253 e. The Morgan fingerprint density at radius 1 is 1.29 bits per heavy atom. The van der Waals surface area contributed by atoms with Gasteiger partial charge in [0.05, 0.1) is 18.8 Å². The summed E-state index contributed by atoms with van der Waals surface area (Å²) >= 11 is 0. The highest BCUT2D eigenvalue weighted by Crippen LogP contribution is 2.42. The average molecular weight is 386 g/mol. The van der Waals surface area contributed by atoms with Crippen molar-refractivity contribution in [2.75, 3.05) is 20.2 Å². The Hall–Kier alpha value is -2.08. The van der Waals surface area contributed by atoms with Crippen molar-refractivity contribution in [1.29, 1.82) is 0 Å². The molecule has 1 atom stereocenters. The van der Waals surface area contributed by atoms with Crippen LogP contribution in [0.4, 0.5) is 0 Å². The van der Waals surface area contributed by atoms with Gasteiger partial charge in [0.2, 0.25) is 5.91 Å². The molecule has 4 rings (SSSR count). The van der Waals surface area contributed by atoms with E-state index >= 15 is 0 Å². The molecule has 28 heavy (non-hydrogen) atoms. The van der Waals surface area contributed by atoms with E-state index in [1.54, 1.807) is 13.2 Å². The molecule has 6 nitrogen and oxygen atoms in total. The molecule has 0 bridgehead atoms. The number of carbonyl (C=O) groups is 2. The van der Waals surface area contributed by atoms with Gasteiger partial charge >= 0.3 is 0 Å². The van der Waals surface area contributed by atoms with Gasteiger partial charge < -0.3 is 14.5 Å². The minimum absolute atomic E-state index is 0.0368. The molecule has 1 spiro atoms. The summed E-state index contributed by atoms with van der Waals surface area (Å²) in [7, 11) is 1.61. The normalized spacial score (nSPS) is 24.3. The molecule has 3 fully saturated rings. The third kappa shape index (κ3) is 3.50. The summed E-state index contributed by atoms with van der Waals surface area (Å²) in [5.41, 5.74) is 0.380. The maximum atomic E-state index is 13.1. The van der Waals surface area contributed by atoms with Crippen LogP contribution >= 0.6 is 0 Å². The molecule has 1 unspecified atom stereocenters. The topological polar surface area (TPSA) is 61.9 Å². The summed E-state index contributed by atoms with van der Waals surface area (Å²) in [4.78, 5) is 30.1. The van der Waals surface area contributed by atoms with Gasteiger partial charge in [-0.2, -0.15) is 0 Å². The molecule has 152 valence electrons. The van der Waals surface area contributed by atoms with Gasteiger partial charge in [0, 0.05) is 37.5 Å². The molecular formula is C22H31N3O3. The van der Waals surface area contributed by atoms with Gasteiger partial charge in [0.15, 0.2) is 0 Å². The lowest BCUT2D eigenvalue weighted by atomic mass is 9.95. The Labute approximate surface area is 167 Å². The van der Waals surface area contributed by atoms with Crippen LogP contribution in [0.1, 0.15) is 56.3 Å². The zero-order valence-corrected chi connectivity index (χ0v) is 17.1. The molecule has 2 aliphatic heterocycles. The molecule has 3 aliphatic rings. The van der Waals surface area contributed by atoms with E-state index in [2.05, 4.69) is 24.1 Å². The Morgan fingerprint density at radius 2 is 2.00 bits per heavy atom. The van der Waals surface area contributed by atoms with E-state index < -0.39 is 0 Å². The molecule has 1 N–H and O–H groups in total. The molecular weight excluding hydrogens is 354 g/mol. The van der Waals surface area contributed by atoms with Crippen molar-refractivity contribution >= 4 is 11.8 Å². The minimum atomic E-state index is -0.275. The van der Waals surface area contributed by atoms with E-state index in [-0.39, 0.29) is 23.5 Å². The first-order valence-electron chi connectivity index (χ1n) is 10.5. The number of benzene rings is 1. The fourth-order valence-electron chi connectivity index (χ4n) is 4.73. The molecule has 2 heterocycles. The highest BCUT2D eigenvalue weighted by atomic mass is 16.5. The number of hydrogen-bond acceptors (Lipinski definition) is 4. The first-order chi connectivity index (χ1) is 13.4. The Balaban J connectivity index is 1.47. The van der Waals surface area contributed by atoms with E-state index in [0.29, 0.717) is 36.4 Å². The van der Waals surface area contributed by atoms with Gasteiger partial charge in [-0.15, -0.1) is 0 Å². The van der Waals surface area contributed by atoms with Crippen molar-refractivity contribution in [3.05, 3.63) is 29.8 Å². The molecule has 0 radical (unpaired) electrons. The minimum Gasteiger partial charge on any atom is -0.497 e. The van der Waals surface area contributed by atoms with Gasteiger partial charge in [0.1, 0.15) is 5.75 Å². The molecule has 2 amide bonds. The third-order valence-corrected chi connectivity index (χ3v) is 6.25. The number of rotatable bonds is 5. The summed E-state index contributed by atoms with van der Waals surface area (Å²) in [6.45, 7) is 5.65. The second kappa shape index (κ2) is 7.39. The fourth-order valence-corrected chi connectivity index (χ4v) is 4.73. The van der Waals surface area contributed by atoms with Crippen LogP contribution in [0.15, 0.2) is 24.3 Å². The summed E-state index contributed by atoms with van der Waals surface area (Å²) in [6, 6.07) is 7.62. The zero-order valence-electron chi connectivity index (χ0n) is 17.1. The quantitative estimate of drug-likeness (QED) is 0.846. The summed E-state index contributed by atoms with van der Waals surface area (Å²) in [6.07, 6.45) is 4.67. The van der Waals surface area contributed by atoms with Crippen LogP contribution < -0.4 is 10.1 Å². The van der Waals surface area contributed by atoms with Gasteiger partial charge in [-0.1, -0.05) is 19.9 Å². The predicted molar refractivity (Wildman–Crippen MR) is 107 cm³/mol. The number of ether oxygens (including phenoxy) is 1. The zero-order chi connectivity index (χ0) is 19.9. The lowest BCUT2D eigenvalue weighted by molar-refractivity contribution is -0.134. The average Bonchev–Trinajstić information content (AvgIpc) is 3.48. The van der Waals surface area contributed by atoms with Crippen molar-refractivity contribution in [2.24, 2.45) is 5.92 Å². The molecule has 1 aromatic carbocycles. The number of piperidine rings is 1. The summed E-state index contributed by atoms with van der Waals surface area (Å²) in [5.74, 6) is 1.48. The highest BCUT2D eigenvalue weighted by Gasteiger charge is 2.56. The number of nitrogens with one attached hydrogen (secondary N) is 1. The predicted octanol–water partition coefficient (Wildman–Crippen LogP) is 2.64. The van der Waals surface area contributed by atoms with Crippen LogP contribution in [0.3, 0.4) is 0 Å². The largest absolute Gasteiger partial charge is 0.497 e. The molecule has 1 aliphatic carbocycles. The second-order valence-electron chi connectivity index (χ2n) is 8.82. The first-order valence-corrected chi connectivity index (χ1v) is 10.5. The van der Waals surface area contributed by atoms with Crippen LogP contribution in [-0.4, -0.2) is 59.6 Å². The number of methoxy groups -OCH3 is 1. The van der Waals surface area contributed by atoms with Crippen molar-refractivity contribution < 1.29 is 14.3 Å². The lowest BCUT2D eigenvalue weighted by Crippen LogP contribution is -2.60. The maximum absolute atomic E-state index is 13.1. The maximum Gasteiger partial charge on any atom is 0.253 e. The van der Waals surface area contributed by atoms with E-state index in [9.17, 15) is 9.59 Å². The van der Waals surface area contributed by atoms with Crippen molar-refractivity contribution in [3.63, 3.8) is 0 Å². The molecule has 1 aromatic rings. The third-order valence-electron chi connectivity index (χ3n) is 6.25. The summed E-state index contributed by atoms with van der Waals surface area (Å²) in [5, 5.41) is 3.69. The number of carbonyl (C=O) groups excluding carboxylic acids is 2. The number of nitrogens with zero attached hydrogens (tertiary/aromatic N) is 2. The SMILES string of the molecule is COc1cccc(C(=O)N2CCC3(CC2)NC(CC(C)C)C(=O)N3C2CC2)c1. The van der Waals surface area contributed by atoms with E-state index in [1.807, 2.05) is 23.1 Å². The number of amides is 2. The van der Waals surface area contributed by atoms with Gasteiger partial charge in [0.25, 0.3) is 5.91 Å². The molecule has 2 saturated heterocycles. The Kier molecular flexibility index (Phi) is 5.08. The van der Waals surface area contributed by atoms with E-state index in [0.717, 1.165) is 32.1 Å². The lowest BCUT2D eigenvalue weighted by Gasteiger charge is -2.45. The van der Waals surface area contributed by atoms with Crippen molar-refractivity contribution in [2.45, 2.75) is 63.7 Å². The van der Waals surface area contributed by atoms with Crippen LogP contribution in [-0.2, 0) is 4.79 Å².